The third kappa shape index (κ3) is 0.864. The first-order valence-electron chi connectivity index (χ1n) is 5.38. The minimum Gasteiger partial charge on any atom is -0.0773 e. The number of hydrogen-bond donors (Lipinski definition) is 0. The lowest BCUT2D eigenvalue weighted by molar-refractivity contribution is 0.436. The molecule has 0 aromatic rings. The van der Waals surface area contributed by atoms with Crippen LogP contribution in [0.1, 0.15) is 32.6 Å². The highest BCUT2D eigenvalue weighted by molar-refractivity contribution is 5.41. The Morgan fingerprint density at radius 2 is 2.31 bits per heavy atom. The summed E-state index contributed by atoms with van der Waals surface area (Å²) in [5, 5.41) is 0. The van der Waals surface area contributed by atoms with Crippen LogP contribution in [0.25, 0.3) is 0 Å². The average Bonchev–Trinajstić information content (AvgIpc) is 2.49. The van der Waals surface area contributed by atoms with Crippen molar-refractivity contribution in [2.24, 2.45) is 11.3 Å². The Balaban J connectivity index is 2.18. The first kappa shape index (κ1) is 7.61. The Morgan fingerprint density at radius 1 is 1.38 bits per heavy atom. The third-order valence-electron chi connectivity index (χ3n) is 4.14. The summed E-state index contributed by atoms with van der Waals surface area (Å²) in [6, 6.07) is 0. The van der Waals surface area contributed by atoms with E-state index in [1.165, 1.54) is 25.7 Å². The molecule has 1 saturated carbocycles. The number of rotatable bonds is 0. The zero-order valence-corrected chi connectivity index (χ0v) is 8.22. The summed E-state index contributed by atoms with van der Waals surface area (Å²) in [5.41, 5.74) is 3.95. The molecule has 2 atom stereocenters. The van der Waals surface area contributed by atoms with Crippen molar-refractivity contribution in [3.63, 3.8) is 0 Å². The Morgan fingerprint density at radius 3 is 3.23 bits per heavy atom. The molecule has 0 radical (unpaired) electrons. The molecule has 0 saturated heterocycles. The van der Waals surface area contributed by atoms with Crippen LogP contribution in [0.4, 0.5) is 0 Å². The van der Waals surface area contributed by atoms with Gasteiger partial charge in [-0.05, 0) is 38.5 Å². The van der Waals surface area contributed by atoms with Crippen LogP contribution in [0.5, 0.6) is 0 Å². The van der Waals surface area contributed by atoms with E-state index in [0.29, 0.717) is 5.41 Å². The van der Waals surface area contributed by atoms with Crippen LogP contribution in [0, 0.1) is 11.3 Å². The highest BCUT2D eigenvalue weighted by Crippen LogP contribution is 2.57. The minimum absolute atomic E-state index is 0.498. The SMILES string of the molecule is CC1=C2CCC[C@@]23C=CC=C[C@@H]1C3. The standard InChI is InChI=1S/C13H16/c1-10-11-5-2-3-7-13(9-11)8-4-6-12(10)13/h2-3,5,7,11H,4,6,8-9H2,1H3/t11-,13-/m1/s1. The molecule has 0 N–H and O–H groups in total. The summed E-state index contributed by atoms with van der Waals surface area (Å²) < 4.78 is 0. The van der Waals surface area contributed by atoms with Crippen LogP contribution in [0.2, 0.25) is 0 Å². The summed E-state index contributed by atoms with van der Waals surface area (Å²) in [5.74, 6) is 0.755. The van der Waals surface area contributed by atoms with Gasteiger partial charge in [0.25, 0.3) is 0 Å². The van der Waals surface area contributed by atoms with E-state index in [-0.39, 0.29) is 0 Å². The first-order valence-corrected chi connectivity index (χ1v) is 5.38. The largest absolute Gasteiger partial charge is 0.0773 e. The fourth-order valence-electron chi connectivity index (χ4n) is 3.47. The molecule has 3 rings (SSSR count). The molecule has 0 nitrogen and oxygen atoms in total. The van der Waals surface area contributed by atoms with E-state index in [1.807, 2.05) is 0 Å². The van der Waals surface area contributed by atoms with Gasteiger partial charge < -0.3 is 0 Å². The second kappa shape index (κ2) is 2.37. The summed E-state index contributed by atoms with van der Waals surface area (Å²) >= 11 is 0. The van der Waals surface area contributed by atoms with Crippen molar-refractivity contribution in [1.82, 2.24) is 0 Å². The maximum atomic E-state index is 2.46. The van der Waals surface area contributed by atoms with Crippen molar-refractivity contribution in [3.05, 3.63) is 35.5 Å². The predicted octanol–water partition coefficient (Wildman–Crippen LogP) is 3.62. The van der Waals surface area contributed by atoms with Gasteiger partial charge in [0, 0.05) is 5.41 Å². The lowest BCUT2D eigenvalue weighted by atomic mass is 9.82. The Hall–Kier alpha value is -0.780. The Labute approximate surface area is 80.0 Å². The van der Waals surface area contributed by atoms with Gasteiger partial charge in [-0.15, -0.1) is 0 Å². The maximum Gasteiger partial charge on any atom is 0.0105 e. The van der Waals surface area contributed by atoms with Gasteiger partial charge in [-0.2, -0.15) is 0 Å². The molecule has 3 aliphatic carbocycles. The molecule has 1 fully saturated rings. The van der Waals surface area contributed by atoms with E-state index >= 15 is 0 Å². The van der Waals surface area contributed by atoms with E-state index in [1.54, 1.807) is 11.1 Å². The van der Waals surface area contributed by atoms with Crippen molar-refractivity contribution < 1.29 is 0 Å². The van der Waals surface area contributed by atoms with Crippen molar-refractivity contribution in [2.45, 2.75) is 32.6 Å². The molecule has 0 heteroatoms. The molecule has 0 unspecified atom stereocenters. The molecule has 0 aliphatic heterocycles. The van der Waals surface area contributed by atoms with Gasteiger partial charge in [-0.1, -0.05) is 35.5 Å². The van der Waals surface area contributed by atoms with Crippen LogP contribution < -0.4 is 0 Å². The number of fused-ring (bicyclic) bond motifs is 1. The van der Waals surface area contributed by atoms with E-state index in [2.05, 4.69) is 31.2 Å². The van der Waals surface area contributed by atoms with Crippen molar-refractivity contribution in [3.8, 4) is 0 Å². The lowest BCUT2D eigenvalue weighted by Crippen LogP contribution is -2.11. The van der Waals surface area contributed by atoms with Gasteiger partial charge >= 0.3 is 0 Å². The van der Waals surface area contributed by atoms with Gasteiger partial charge in [0.05, 0.1) is 0 Å². The minimum atomic E-state index is 0.498. The molecule has 0 heterocycles. The van der Waals surface area contributed by atoms with Gasteiger partial charge in [-0.3, -0.25) is 0 Å². The average molecular weight is 172 g/mol. The number of allylic oxidation sites excluding steroid dienone is 6. The van der Waals surface area contributed by atoms with Crippen LogP contribution in [-0.2, 0) is 0 Å². The molecule has 0 aromatic carbocycles. The number of hydrogen-bond acceptors (Lipinski definition) is 0. The lowest BCUT2D eigenvalue weighted by Gasteiger charge is -2.22. The van der Waals surface area contributed by atoms with Crippen molar-refractivity contribution in [1.29, 1.82) is 0 Å². The monoisotopic (exact) mass is 172 g/mol. The van der Waals surface area contributed by atoms with Crippen LogP contribution in [-0.4, -0.2) is 0 Å². The quantitative estimate of drug-likeness (QED) is 0.489. The van der Waals surface area contributed by atoms with Gasteiger partial charge in [0.1, 0.15) is 0 Å². The van der Waals surface area contributed by atoms with Crippen LogP contribution >= 0.6 is 0 Å². The zero-order chi connectivity index (χ0) is 8.89. The molecule has 68 valence electrons. The summed E-state index contributed by atoms with van der Waals surface area (Å²) in [6.07, 6.45) is 14.9. The van der Waals surface area contributed by atoms with Crippen LogP contribution in [0.15, 0.2) is 35.5 Å². The topological polar surface area (TPSA) is 0 Å². The van der Waals surface area contributed by atoms with Crippen LogP contribution in [0.3, 0.4) is 0 Å². The second-order valence-electron chi connectivity index (χ2n) is 4.73. The fourth-order valence-corrected chi connectivity index (χ4v) is 3.47. The highest BCUT2D eigenvalue weighted by atomic mass is 14.5. The summed E-state index contributed by atoms with van der Waals surface area (Å²) in [4.78, 5) is 0. The molecule has 0 amide bonds. The van der Waals surface area contributed by atoms with E-state index in [0.717, 1.165) is 5.92 Å². The van der Waals surface area contributed by atoms with Crippen molar-refractivity contribution in [2.75, 3.05) is 0 Å². The normalized spacial score (nSPS) is 41.2. The molecule has 13 heavy (non-hydrogen) atoms. The maximum absolute atomic E-state index is 2.46. The Kier molecular flexibility index (Phi) is 1.39. The summed E-state index contributed by atoms with van der Waals surface area (Å²) in [6.45, 7) is 2.34. The zero-order valence-electron chi connectivity index (χ0n) is 8.22. The fraction of sp³-hybridized carbons (Fsp3) is 0.538. The molecule has 2 bridgehead atoms. The van der Waals surface area contributed by atoms with Crippen molar-refractivity contribution >= 4 is 0 Å². The second-order valence-corrected chi connectivity index (χ2v) is 4.73. The molecule has 3 aliphatic rings. The van der Waals surface area contributed by atoms with Gasteiger partial charge in [0.2, 0.25) is 0 Å². The highest BCUT2D eigenvalue weighted by Gasteiger charge is 2.44. The van der Waals surface area contributed by atoms with Gasteiger partial charge in [0.15, 0.2) is 0 Å². The Bertz CT molecular complexity index is 330. The van der Waals surface area contributed by atoms with Gasteiger partial charge in [-0.25, -0.2) is 0 Å². The molecular weight excluding hydrogens is 156 g/mol. The predicted molar refractivity (Wildman–Crippen MR) is 55.4 cm³/mol. The molecule has 0 aromatic heterocycles. The van der Waals surface area contributed by atoms with E-state index in [9.17, 15) is 0 Å². The van der Waals surface area contributed by atoms with E-state index in [4.69, 9.17) is 0 Å². The smallest absolute Gasteiger partial charge is 0.0105 e. The summed E-state index contributed by atoms with van der Waals surface area (Å²) in [7, 11) is 0. The molecule has 1 spiro atoms. The third-order valence-corrected chi connectivity index (χ3v) is 4.14. The van der Waals surface area contributed by atoms with E-state index < -0.39 is 0 Å². The first-order chi connectivity index (χ1) is 6.32. The molecular formula is C13H16.